The van der Waals surface area contributed by atoms with Crippen LogP contribution in [-0.2, 0) is 6.54 Å². The summed E-state index contributed by atoms with van der Waals surface area (Å²) in [6.45, 7) is 2.37. The molecule has 0 saturated heterocycles. The van der Waals surface area contributed by atoms with Crippen molar-refractivity contribution in [2.24, 2.45) is 0 Å². The first-order chi connectivity index (χ1) is 11.7. The molecule has 0 bridgehead atoms. The van der Waals surface area contributed by atoms with E-state index in [1.54, 1.807) is 14.2 Å². The van der Waals surface area contributed by atoms with Crippen LogP contribution in [0.2, 0.25) is 0 Å². The van der Waals surface area contributed by atoms with Gasteiger partial charge in [-0.2, -0.15) is 0 Å². The van der Waals surface area contributed by atoms with E-state index in [1.165, 1.54) is 11.3 Å². The molecule has 1 N–H and O–H groups in total. The van der Waals surface area contributed by atoms with E-state index in [9.17, 15) is 4.79 Å². The number of thiophene rings is 1. The standard InChI is InChI=1S/C19H19NO3S/c1-12-14-8-4-5-10-16(14)24-18(12)19(21)20-11-13-7-6-9-15(22-2)17(13)23-3/h4-10H,11H2,1-3H3,(H,20,21). The Morgan fingerprint density at radius 2 is 1.88 bits per heavy atom. The first kappa shape index (κ1) is 16.3. The van der Waals surface area contributed by atoms with Gasteiger partial charge in [0.2, 0.25) is 0 Å². The summed E-state index contributed by atoms with van der Waals surface area (Å²) >= 11 is 1.52. The minimum atomic E-state index is -0.0708. The topological polar surface area (TPSA) is 47.6 Å². The Balaban J connectivity index is 1.82. The van der Waals surface area contributed by atoms with E-state index in [2.05, 4.69) is 5.32 Å². The number of rotatable bonds is 5. The maximum Gasteiger partial charge on any atom is 0.261 e. The van der Waals surface area contributed by atoms with Crippen LogP contribution in [0.25, 0.3) is 10.1 Å². The third-order valence-electron chi connectivity index (χ3n) is 3.97. The molecule has 5 heteroatoms. The molecular formula is C19H19NO3S. The van der Waals surface area contributed by atoms with Crippen LogP contribution in [0.1, 0.15) is 20.8 Å². The lowest BCUT2D eigenvalue weighted by molar-refractivity contribution is 0.0954. The van der Waals surface area contributed by atoms with E-state index < -0.39 is 0 Å². The zero-order chi connectivity index (χ0) is 17.1. The van der Waals surface area contributed by atoms with Crippen LogP contribution in [0.5, 0.6) is 11.5 Å². The van der Waals surface area contributed by atoms with Crippen LogP contribution in [0.3, 0.4) is 0 Å². The van der Waals surface area contributed by atoms with Crippen molar-refractivity contribution in [3.63, 3.8) is 0 Å². The number of nitrogens with one attached hydrogen (secondary N) is 1. The molecule has 0 saturated carbocycles. The number of aryl methyl sites for hydroxylation is 1. The Morgan fingerprint density at radius 1 is 1.08 bits per heavy atom. The Hall–Kier alpha value is -2.53. The number of hydrogen-bond acceptors (Lipinski definition) is 4. The van der Waals surface area contributed by atoms with Gasteiger partial charge in [0.15, 0.2) is 11.5 Å². The Labute approximate surface area is 145 Å². The highest BCUT2D eigenvalue weighted by atomic mass is 32.1. The lowest BCUT2D eigenvalue weighted by Gasteiger charge is -2.13. The van der Waals surface area contributed by atoms with E-state index in [-0.39, 0.29) is 5.91 Å². The highest BCUT2D eigenvalue weighted by molar-refractivity contribution is 7.21. The van der Waals surface area contributed by atoms with Gasteiger partial charge in [-0.1, -0.05) is 30.3 Å². The van der Waals surface area contributed by atoms with Gasteiger partial charge in [0.05, 0.1) is 19.1 Å². The van der Waals surface area contributed by atoms with E-state index in [0.29, 0.717) is 18.0 Å². The van der Waals surface area contributed by atoms with Gasteiger partial charge in [-0.15, -0.1) is 11.3 Å². The molecule has 0 spiro atoms. The number of fused-ring (bicyclic) bond motifs is 1. The van der Waals surface area contributed by atoms with Gasteiger partial charge < -0.3 is 14.8 Å². The van der Waals surface area contributed by atoms with Gasteiger partial charge >= 0.3 is 0 Å². The Bertz CT molecular complexity index is 885. The van der Waals surface area contributed by atoms with Crippen molar-refractivity contribution in [2.45, 2.75) is 13.5 Å². The van der Waals surface area contributed by atoms with Gasteiger partial charge in [-0.3, -0.25) is 4.79 Å². The van der Waals surface area contributed by atoms with E-state index in [1.807, 2.05) is 49.4 Å². The van der Waals surface area contributed by atoms with Crippen molar-refractivity contribution in [1.82, 2.24) is 5.32 Å². The highest BCUT2D eigenvalue weighted by Gasteiger charge is 2.16. The van der Waals surface area contributed by atoms with E-state index >= 15 is 0 Å². The summed E-state index contributed by atoms with van der Waals surface area (Å²) < 4.78 is 11.8. The van der Waals surface area contributed by atoms with Gasteiger partial charge in [0, 0.05) is 16.8 Å². The second-order valence-corrected chi connectivity index (χ2v) is 6.44. The normalized spacial score (nSPS) is 10.6. The second kappa shape index (κ2) is 6.93. The number of para-hydroxylation sites is 1. The number of amides is 1. The summed E-state index contributed by atoms with van der Waals surface area (Å²) in [7, 11) is 3.19. The molecule has 24 heavy (non-hydrogen) atoms. The van der Waals surface area contributed by atoms with Crippen LogP contribution < -0.4 is 14.8 Å². The highest BCUT2D eigenvalue weighted by Crippen LogP contribution is 2.32. The molecule has 0 atom stereocenters. The first-order valence-corrected chi connectivity index (χ1v) is 8.43. The Kier molecular flexibility index (Phi) is 4.71. The SMILES string of the molecule is COc1cccc(CNC(=O)c2sc3ccccc3c2C)c1OC. The fourth-order valence-electron chi connectivity index (χ4n) is 2.74. The molecule has 2 aromatic carbocycles. The smallest absolute Gasteiger partial charge is 0.261 e. The van der Waals surface area contributed by atoms with E-state index in [4.69, 9.17) is 9.47 Å². The third-order valence-corrected chi connectivity index (χ3v) is 5.25. The van der Waals surface area contributed by atoms with Crippen LogP contribution in [0.15, 0.2) is 42.5 Å². The first-order valence-electron chi connectivity index (χ1n) is 7.62. The summed E-state index contributed by atoms with van der Waals surface area (Å²) in [5.74, 6) is 1.23. The molecule has 1 heterocycles. The van der Waals surface area contributed by atoms with Gasteiger partial charge in [0.1, 0.15) is 0 Å². The largest absolute Gasteiger partial charge is 0.493 e. The average molecular weight is 341 g/mol. The summed E-state index contributed by atoms with van der Waals surface area (Å²) in [5.41, 5.74) is 1.90. The molecule has 0 aliphatic rings. The van der Waals surface area contributed by atoms with Crippen molar-refractivity contribution < 1.29 is 14.3 Å². The van der Waals surface area contributed by atoms with Gasteiger partial charge in [-0.25, -0.2) is 0 Å². The molecule has 0 unspecified atom stereocenters. The number of hydrogen-bond donors (Lipinski definition) is 1. The lowest BCUT2D eigenvalue weighted by atomic mass is 10.1. The number of carbonyl (C=O) groups excluding carboxylic acids is 1. The summed E-state index contributed by atoms with van der Waals surface area (Å²) in [5, 5.41) is 4.11. The lowest BCUT2D eigenvalue weighted by Crippen LogP contribution is -2.22. The zero-order valence-electron chi connectivity index (χ0n) is 13.9. The minimum absolute atomic E-state index is 0.0708. The van der Waals surface area contributed by atoms with Crippen molar-refractivity contribution in [3.05, 3.63) is 58.5 Å². The third kappa shape index (κ3) is 2.95. The molecule has 124 valence electrons. The van der Waals surface area contributed by atoms with Crippen molar-refractivity contribution >= 4 is 27.3 Å². The maximum atomic E-state index is 12.6. The molecule has 0 aliphatic heterocycles. The van der Waals surface area contributed by atoms with Crippen LogP contribution in [-0.4, -0.2) is 20.1 Å². The molecule has 1 amide bonds. The quantitative estimate of drug-likeness (QED) is 0.758. The second-order valence-electron chi connectivity index (χ2n) is 5.39. The minimum Gasteiger partial charge on any atom is -0.493 e. The number of methoxy groups -OCH3 is 2. The predicted molar refractivity (Wildman–Crippen MR) is 97.3 cm³/mol. The molecule has 0 aliphatic carbocycles. The summed E-state index contributed by atoms with van der Waals surface area (Å²) in [6, 6.07) is 13.7. The van der Waals surface area contributed by atoms with Crippen molar-refractivity contribution in [3.8, 4) is 11.5 Å². The molecule has 0 radical (unpaired) electrons. The molecular weight excluding hydrogens is 322 g/mol. The average Bonchev–Trinajstić information content (AvgIpc) is 2.96. The maximum absolute atomic E-state index is 12.6. The molecule has 3 aromatic rings. The molecule has 1 aromatic heterocycles. The van der Waals surface area contributed by atoms with Crippen LogP contribution >= 0.6 is 11.3 Å². The fourth-order valence-corrected chi connectivity index (χ4v) is 3.87. The molecule has 3 rings (SSSR count). The van der Waals surface area contributed by atoms with Crippen molar-refractivity contribution in [2.75, 3.05) is 14.2 Å². The number of ether oxygens (including phenoxy) is 2. The van der Waals surface area contributed by atoms with Gasteiger partial charge in [0.25, 0.3) is 5.91 Å². The monoisotopic (exact) mass is 341 g/mol. The predicted octanol–water partition coefficient (Wildman–Crippen LogP) is 4.16. The van der Waals surface area contributed by atoms with Crippen molar-refractivity contribution in [1.29, 1.82) is 0 Å². The summed E-state index contributed by atoms with van der Waals surface area (Å²) in [6.07, 6.45) is 0. The Morgan fingerprint density at radius 3 is 2.58 bits per heavy atom. The summed E-state index contributed by atoms with van der Waals surface area (Å²) in [4.78, 5) is 13.3. The molecule has 0 fully saturated rings. The zero-order valence-corrected chi connectivity index (χ0v) is 14.7. The van der Waals surface area contributed by atoms with E-state index in [0.717, 1.165) is 26.1 Å². The van der Waals surface area contributed by atoms with Gasteiger partial charge in [-0.05, 0) is 30.0 Å². The van der Waals surface area contributed by atoms with Crippen LogP contribution in [0, 0.1) is 6.92 Å². The fraction of sp³-hybridized carbons (Fsp3) is 0.211. The number of benzene rings is 2. The van der Waals surface area contributed by atoms with Crippen LogP contribution in [0.4, 0.5) is 0 Å². The molecule has 4 nitrogen and oxygen atoms in total. The number of carbonyl (C=O) groups is 1.